The summed E-state index contributed by atoms with van der Waals surface area (Å²) in [4.78, 5) is 4.14. The van der Waals surface area contributed by atoms with Crippen molar-refractivity contribution in [3.05, 3.63) is 84.4 Å². The van der Waals surface area contributed by atoms with Gasteiger partial charge in [-0.3, -0.25) is 4.57 Å². The maximum Gasteiger partial charge on any atom is 0.258 e. The van der Waals surface area contributed by atoms with E-state index in [-0.39, 0.29) is 6.10 Å². The van der Waals surface area contributed by atoms with Gasteiger partial charge in [-0.15, -0.1) is 0 Å². The van der Waals surface area contributed by atoms with Gasteiger partial charge in [0.05, 0.1) is 6.10 Å². The van der Waals surface area contributed by atoms with Crippen LogP contribution in [0.15, 0.2) is 78.9 Å². The molecule has 4 rings (SSSR count). The van der Waals surface area contributed by atoms with Crippen molar-refractivity contribution in [1.29, 1.82) is 0 Å². The highest BCUT2D eigenvalue weighted by molar-refractivity contribution is 7.67. The summed E-state index contributed by atoms with van der Waals surface area (Å²) < 4.78 is 22.7. The first-order chi connectivity index (χ1) is 18.6. The highest BCUT2D eigenvalue weighted by atomic mass is 31.2. The molecule has 0 spiro atoms. The van der Waals surface area contributed by atoms with Crippen LogP contribution in [0.2, 0.25) is 0 Å². The molecule has 210 valence electrons. The smallest absolute Gasteiger partial charge is 0.258 e. The van der Waals surface area contributed by atoms with E-state index in [2.05, 4.69) is 60.2 Å². The molecule has 1 fully saturated rings. The molecule has 0 bridgehead atoms. The molecule has 0 saturated heterocycles. The summed E-state index contributed by atoms with van der Waals surface area (Å²) in [5, 5.41) is 4.40. The molecule has 1 aliphatic rings. The molecule has 39 heavy (non-hydrogen) atoms. The average Bonchev–Trinajstić information content (AvgIpc) is 2.92. The van der Waals surface area contributed by atoms with E-state index in [1.165, 1.54) is 6.42 Å². The van der Waals surface area contributed by atoms with Crippen LogP contribution in [0.25, 0.3) is 0 Å². The standard InChI is InChI=1S/C33H46N3O2P/c1-24(2)31-22-13-25(3)23-32(31)38-39(37,30-20-18-29(19-21-30)36(6)7)33(34-27-11-9-8-10-12-27)26-14-16-28(17-15-26)35(4)5/h8-12,14-21,24-25,31-34H,13,22-23H2,1-7H3/t25-,31+,32-,33+,39+/m1/s1. The van der Waals surface area contributed by atoms with E-state index >= 15 is 4.57 Å². The predicted octanol–water partition coefficient (Wildman–Crippen LogP) is 8.01. The van der Waals surface area contributed by atoms with Crippen LogP contribution in [-0.4, -0.2) is 34.3 Å². The normalized spacial score (nSPS) is 21.7. The highest BCUT2D eigenvalue weighted by Gasteiger charge is 2.43. The number of nitrogens with one attached hydrogen (secondary N) is 1. The third-order valence-electron chi connectivity index (χ3n) is 8.12. The van der Waals surface area contributed by atoms with Gasteiger partial charge in [0.15, 0.2) is 0 Å². The number of anilines is 3. The first-order valence-electron chi connectivity index (χ1n) is 14.2. The van der Waals surface area contributed by atoms with Gasteiger partial charge < -0.3 is 19.6 Å². The van der Waals surface area contributed by atoms with Gasteiger partial charge in [-0.1, -0.05) is 57.5 Å². The van der Waals surface area contributed by atoms with Gasteiger partial charge in [0.25, 0.3) is 7.37 Å². The fourth-order valence-electron chi connectivity index (χ4n) is 5.68. The Labute approximate surface area is 236 Å². The quantitative estimate of drug-likeness (QED) is 0.261. The molecule has 0 aromatic heterocycles. The molecule has 1 aliphatic carbocycles. The zero-order chi connectivity index (χ0) is 28.2. The van der Waals surface area contributed by atoms with E-state index in [9.17, 15) is 0 Å². The van der Waals surface area contributed by atoms with Crippen molar-refractivity contribution < 1.29 is 9.09 Å². The minimum absolute atomic E-state index is 0.0609. The van der Waals surface area contributed by atoms with E-state index in [0.29, 0.717) is 17.8 Å². The Morgan fingerprint density at radius 2 is 1.38 bits per heavy atom. The maximum atomic E-state index is 15.7. The second-order valence-electron chi connectivity index (χ2n) is 11.9. The van der Waals surface area contributed by atoms with Crippen molar-refractivity contribution in [3.63, 3.8) is 0 Å². The van der Waals surface area contributed by atoms with Crippen LogP contribution >= 0.6 is 7.37 Å². The molecule has 3 aromatic rings. The Morgan fingerprint density at radius 1 is 0.821 bits per heavy atom. The summed E-state index contributed by atoms with van der Waals surface area (Å²) in [6.45, 7) is 6.84. The summed E-state index contributed by atoms with van der Waals surface area (Å²) in [6, 6.07) is 26.5. The van der Waals surface area contributed by atoms with Crippen molar-refractivity contribution in [1.82, 2.24) is 0 Å². The van der Waals surface area contributed by atoms with Crippen molar-refractivity contribution in [2.24, 2.45) is 17.8 Å². The number of para-hydroxylation sites is 1. The van der Waals surface area contributed by atoms with Crippen molar-refractivity contribution >= 4 is 29.7 Å². The lowest BCUT2D eigenvalue weighted by Crippen LogP contribution is -2.35. The molecular formula is C33H46N3O2P. The molecule has 0 aliphatic heterocycles. The molecule has 3 aromatic carbocycles. The van der Waals surface area contributed by atoms with E-state index in [4.69, 9.17) is 4.52 Å². The fourth-order valence-corrected chi connectivity index (χ4v) is 8.31. The Kier molecular flexibility index (Phi) is 9.46. The van der Waals surface area contributed by atoms with Gasteiger partial charge in [0.2, 0.25) is 0 Å². The Balaban J connectivity index is 1.85. The number of rotatable bonds is 10. The molecule has 1 N–H and O–H groups in total. The van der Waals surface area contributed by atoms with Gasteiger partial charge in [0, 0.05) is 50.6 Å². The Bertz CT molecular complexity index is 1230. The van der Waals surface area contributed by atoms with Gasteiger partial charge in [-0.05, 0) is 84.7 Å². The van der Waals surface area contributed by atoms with Crippen molar-refractivity contribution in [3.8, 4) is 0 Å². The Morgan fingerprint density at radius 3 is 1.92 bits per heavy atom. The molecule has 0 unspecified atom stereocenters. The van der Waals surface area contributed by atoms with Gasteiger partial charge >= 0.3 is 0 Å². The molecule has 6 heteroatoms. The van der Waals surface area contributed by atoms with Crippen molar-refractivity contribution in [2.45, 2.75) is 51.9 Å². The maximum absolute atomic E-state index is 15.7. The highest BCUT2D eigenvalue weighted by Crippen LogP contribution is 2.61. The molecule has 0 heterocycles. The minimum Gasteiger partial charge on any atom is -0.378 e. The van der Waals surface area contributed by atoms with Crippen LogP contribution in [0, 0.1) is 17.8 Å². The predicted molar refractivity (Wildman–Crippen MR) is 168 cm³/mol. The lowest BCUT2D eigenvalue weighted by Gasteiger charge is -2.41. The zero-order valence-corrected chi connectivity index (χ0v) is 25.6. The average molecular weight is 548 g/mol. The van der Waals surface area contributed by atoms with E-state index in [1.807, 2.05) is 82.8 Å². The molecule has 5 nitrogen and oxygen atoms in total. The SMILES string of the molecule is CC(C)[C@@H]1CC[C@@H](C)C[C@H]1O[P@@](=O)(c1ccc(N(C)C)cc1)[C@H](Nc1ccccc1)c1ccc(N(C)C)cc1. The molecule has 0 amide bonds. The van der Waals surface area contributed by atoms with Crippen LogP contribution in [0.1, 0.15) is 51.4 Å². The van der Waals surface area contributed by atoms with Crippen LogP contribution in [0.5, 0.6) is 0 Å². The van der Waals surface area contributed by atoms with E-state index in [1.54, 1.807) is 0 Å². The van der Waals surface area contributed by atoms with Gasteiger partial charge in [-0.2, -0.15) is 0 Å². The van der Waals surface area contributed by atoms with Crippen LogP contribution in [0.4, 0.5) is 17.1 Å². The van der Waals surface area contributed by atoms with Gasteiger partial charge in [0.1, 0.15) is 5.78 Å². The summed E-state index contributed by atoms with van der Waals surface area (Å²) in [5.41, 5.74) is 4.04. The zero-order valence-electron chi connectivity index (χ0n) is 24.7. The summed E-state index contributed by atoms with van der Waals surface area (Å²) in [7, 11) is 4.64. The lowest BCUT2D eigenvalue weighted by atomic mass is 9.75. The number of hydrogen-bond donors (Lipinski definition) is 1. The lowest BCUT2D eigenvalue weighted by molar-refractivity contribution is 0.0489. The van der Waals surface area contributed by atoms with Crippen LogP contribution in [0.3, 0.4) is 0 Å². The number of nitrogens with zero attached hydrogens (tertiary/aromatic N) is 2. The molecular weight excluding hydrogens is 501 g/mol. The van der Waals surface area contributed by atoms with Gasteiger partial charge in [-0.25, -0.2) is 0 Å². The Hall–Kier alpha value is -2.75. The number of hydrogen-bond acceptors (Lipinski definition) is 5. The van der Waals surface area contributed by atoms with Crippen LogP contribution in [-0.2, 0) is 9.09 Å². The third kappa shape index (κ3) is 6.88. The molecule has 0 radical (unpaired) electrons. The van der Waals surface area contributed by atoms with Crippen molar-refractivity contribution in [2.75, 3.05) is 43.3 Å². The third-order valence-corrected chi connectivity index (χ3v) is 10.8. The summed E-state index contributed by atoms with van der Waals surface area (Å²) in [6.07, 6.45) is 3.18. The summed E-state index contributed by atoms with van der Waals surface area (Å²) in [5.74, 6) is 0.858. The fraction of sp³-hybridized carbons (Fsp3) is 0.455. The van der Waals surface area contributed by atoms with E-state index < -0.39 is 13.2 Å². The first-order valence-corrected chi connectivity index (χ1v) is 15.9. The topological polar surface area (TPSA) is 44.8 Å². The first kappa shape index (κ1) is 29.2. The largest absolute Gasteiger partial charge is 0.378 e. The monoisotopic (exact) mass is 547 g/mol. The van der Waals surface area contributed by atoms with E-state index in [0.717, 1.165) is 40.8 Å². The molecule has 1 saturated carbocycles. The second kappa shape index (κ2) is 12.6. The number of benzene rings is 3. The second-order valence-corrected chi connectivity index (χ2v) is 14.3. The van der Waals surface area contributed by atoms with Crippen LogP contribution < -0.4 is 20.4 Å². The minimum atomic E-state index is -3.47. The summed E-state index contributed by atoms with van der Waals surface area (Å²) >= 11 is 0. The molecule has 5 atom stereocenters.